The number of aliphatic hydroxyl groups excluding tert-OH is 1. The van der Waals surface area contributed by atoms with Gasteiger partial charge in [0, 0.05) is 37.0 Å². The zero-order valence-corrected chi connectivity index (χ0v) is 15.4. The van der Waals surface area contributed by atoms with Crippen LogP contribution in [0.4, 0.5) is 0 Å². The predicted molar refractivity (Wildman–Crippen MR) is 104 cm³/mol. The fraction of sp³-hybridized carbons (Fsp3) is 0.318. The summed E-state index contributed by atoms with van der Waals surface area (Å²) in [6.45, 7) is 6.69. The molecule has 0 unspecified atom stereocenters. The molecule has 1 fully saturated rings. The highest BCUT2D eigenvalue weighted by Crippen LogP contribution is 2.27. The number of aliphatic hydroxyl groups is 1. The van der Waals surface area contributed by atoms with E-state index in [-0.39, 0.29) is 6.10 Å². The minimum Gasteiger partial charge on any atom is -0.392 e. The molecule has 3 aromatic rings. The van der Waals surface area contributed by atoms with Crippen molar-refractivity contribution in [1.82, 2.24) is 14.7 Å². The van der Waals surface area contributed by atoms with Crippen molar-refractivity contribution >= 4 is 0 Å². The molecule has 0 amide bonds. The molecule has 1 N–H and O–H groups in total. The van der Waals surface area contributed by atoms with Gasteiger partial charge in [0.25, 0.3) is 0 Å². The lowest BCUT2D eigenvalue weighted by Gasteiger charge is -2.14. The molecule has 2 heterocycles. The van der Waals surface area contributed by atoms with Crippen LogP contribution >= 0.6 is 0 Å². The Kier molecular flexibility index (Phi) is 4.62. The number of aromatic nitrogens is 2. The first-order chi connectivity index (χ1) is 12.6. The molecule has 4 nitrogen and oxygen atoms in total. The Bertz CT molecular complexity index is 898. The van der Waals surface area contributed by atoms with Crippen molar-refractivity contribution in [3.8, 4) is 16.9 Å². The van der Waals surface area contributed by atoms with Crippen LogP contribution in [0, 0.1) is 13.8 Å². The van der Waals surface area contributed by atoms with Gasteiger partial charge in [-0.2, -0.15) is 5.10 Å². The molecule has 1 aromatic heterocycles. The summed E-state index contributed by atoms with van der Waals surface area (Å²) in [7, 11) is 0. The summed E-state index contributed by atoms with van der Waals surface area (Å²) in [6.07, 6.45) is 2.78. The van der Waals surface area contributed by atoms with Crippen molar-refractivity contribution in [2.45, 2.75) is 32.9 Å². The zero-order chi connectivity index (χ0) is 18.1. The highest BCUT2D eigenvalue weighted by molar-refractivity contribution is 5.64. The van der Waals surface area contributed by atoms with E-state index in [1.165, 1.54) is 16.7 Å². The second-order valence-corrected chi connectivity index (χ2v) is 7.33. The van der Waals surface area contributed by atoms with Gasteiger partial charge >= 0.3 is 0 Å². The van der Waals surface area contributed by atoms with Gasteiger partial charge in [0.2, 0.25) is 0 Å². The maximum absolute atomic E-state index is 9.85. The van der Waals surface area contributed by atoms with Crippen LogP contribution in [0.15, 0.2) is 54.7 Å². The molecule has 4 heteroatoms. The van der Waals surface area contributed by atoms with Crippen molar-refractivity contribution in [2.24, 2.45) is 0 Å². The SMILES string of the molecule is Cc1ccc(-n2cc(CN3CC[C@@H](O)C3)c(-c3cccc(C)c3)n2)cc1. The Hall–Kier alpha value is -2.43. The molecule has 0 saturated carbocycles. The summed E-state index contributed by atoms with van der Waals surface area (Å²) < 4.78 is 1.97. The summed E-state index contributed by atoms with van der Waals surface area (Å²) in [6, 6.07) is 16.9. The summed E-state index contributed by atoms with van der Waals surface area (Å²) >= 11 is 0. The molecule has 0 aliphatic carbocycles. The molecule has 1 aliphatic rings. The van der Waals surface area contributed by atoms with Crippen LogP contribution in [-0.4, -0.2) is 39.0 Å². The molecule has 0 radical (unpaired) electrons. The summed E-state index contributed by atoms with van der Waals surface area (Å²) in [4.78, 5) is 2.31. The van der Waals surface area contributed by atoms with Crippen LogP contribution in [0.25, 0.3) is 16.9 Å². The monoisotopic (exact) mass is 347 g/mol. The van der Waals surface area contributed by atoms with Crippen molar-refractivity contribution in [3.63, 3.8) is 0 Å². The van der Waals surface area contributed by atoms with E-state index in [2.05, 4.69) is 73.5 Å². The topological polar surface area (TPSA) is 41.3 Å². The van der Waals surface area contributed by atoms with E-state index >= 15 is 0 Å². The van der Waals surface area contributed by atoms with Crippen molar-refractivity contribution in [2.75, 3.05) is 13.1 Å². The number of likely N-dealkylation sites (tertiary alicyclic amines) is 1. The van der Waals surface area contributed by atoms with E-state index in [1.807, 2.05) is 4.68 Å². The van der Waals surface area contributed by atoms with E-state index in [1.54, 1.807) is 0 Å². The normalized spacial score (nSPS) is 17.7. The largest absolute Gasteiger partial charge is 0.392 e. The number of hydrogen-bond acceptors (Lipinski definition) is 3. The van der Waals surface area contributed by atoms with Gasteiger partial charge in [-0.25, -0.2) is 4.68 Å². The minimum absolute atomic E-state index is 0.204. The number of hydrogen-bond donors (Lipinski definition) is 1. The Morgan fingerprint density at radius 3 is 2.58 bits per heavy atom. The van der Waals surface area contributed by atoms with E-state index < -0.39 is 0 Å². The van der Waals surface area contributed by atoms with E-state index in [0.717, 1.165) is 43.0 Å². The second kappa shape index (κ2) is 7.06. The molecule has 2 aromatic carbocycles. The van der Waals surface area contributed by atoms with Gasteiger partial charge < -0.3 is 5.11 Å². The van der Waals surface area contributed by atoms with Crippen LogP contribution in [0.2, 0.25) is 0 Å². The first-order valence-electron chi connectivity index (χ1n) is 9.21. The number of nitrogens with zero attached hydrogens (tertiary/aromatic N) is 3. The third kappa shape index (κ3) is 3.57. The first-order valence-corrected chi connectivity index (χ1v) is 9.21. The second-order valence-electron chi connectivity index (χ2n) is 7.33. The molecule has 0 spiro atoms. The predicted octanol–water partition coefficient (Wildman–Crippen LogP) is 3.72. The summed E-state index contributed by atoms with van der Waals surface area (Å²) in [5.41, 5.74) is 6.91. The lowest BCUT2D eigenvalue weighted by molar-refractivity contribution is 0.175. The third-order valence-electron chi connectivity index (χ3n) is 5.02. The lowest BCUT2D eigenvalue weighted by Crippen LogP contribution is -2.21. The van der Waals surface area contributed by atoms with E-state index in [4.69, 9.17) is 5.10 Å². The fourth-order valence-corrected chi connectivity index (χ4v) is 3.59. The van der Waals surface area contributed by atoms with Gasteiger partial charge in [0.15, 0.2) is 0 Å². The fourth-order valence-electron chi connectivity index (χ4n) is 3.59. The maximum atomic E-state index is 9.85. The molecular weight excluding hydrogens is 322 g/mol. The standard InChI is InChI=1S/C22H25N3O/c1-16-6-8-20(9-7-16)25-14-19(13-24-11-10-21(26)15-24)22(23-25)18-5-3-4-17(2)12-18/h3-9,12,14,21,26H,10-11,13,15H2,1-2H3/t21-/m1/s1. The van der Waals surface area contributed by atoms with Gasteiger partial charge in [-0.05, 0) is 38.5 Å². The van der Waals surface area contributed by atoms with E-state index in [9.17, 15) is 5.11 Å². The lowest BCUT2D eigenvalue weighted by atomic mass is 10.1. The average molecular weight is 347 g/mol. The molecule has 0 bridgehead atoms. The molecule has 1 atom stereocenters. The van der Waals surface area contributed by atoms with Crippen molar-refractivity contribution < 1.29 is 5.11 Å². The number of benzene rings is 2. The van der Waals surface area contributed by atoms with Gasteiger partial charge in [0.05, 0.1) is 17.5 Å². The Morgan fingerprint density at radius 1 is 1.08 bits per heavy atom. The van der Waals surface area contributed by atoms with Crippen molar-refractivity contribution in [3.05, 3.63) is 71.4 Å². The Labute approximate surface area is 154 Å². The van der Waals surface area contributed by atoms with Crippen LogP contribution in [0.1, 0.15) is 23.1 Å². The van der Waals surface area contributed by atoms with Gasteiger partial charge in [0.1, 0.15) is 0 Å². The summed E-state index contributed by atoms with van der Waals surface area (Å²) in [5.74, 6) is 0. The minimum atomic E-state index is -0.204. The smallest absolute Gasteiger partial charge is 0.0972 e. The maximum Gasteiger partial charge on any atom is 0.0972 e. The molecule has 4 rings (SSSR count). The van der Waals surface area contributed by atoms with Gasteiger partial charge in [-0.3, -0.25) is 4.90 Å². The van der Waals surface area contributed by atoms with Gasteiger partial charge in [-0.1, -0.05) is 41.5 Å². The Balaban J connectivity index is 1.73. The molecule has 26 heavy (non-hydrogen) atoms. The summed E-state index contributed by atoms with van der Waals surface area (Å²) in [5, 5.41) is 14.8. The van der Waals surface area contributed by atoms with Crippen LogP contribution < -0.4 is 0 Å². The number of rotatable bonds is 4. The quantitative estimate of drug-likeness (QED) is 0.782. The highest BCUT2D eigenvalue weighted by atomic mass is 16.3. The first kappa shape index (κ1) is 17.0. The van der Waals surface area contributed by atoms with Crippen LogP contribution in [0.3, 0.4) is 0 Å². The molecular formula is C22H25N3O. The van der Waals surface area contributed by atoms with Crippen LogP contribution in [-0.2, 0) is 6.54 Å². The van der Waals surface area contributed by atoms with Crippen LogP contribution in [0.5, 0.6) is 0 Å². The molecule has 1 aliphatic heterocycles. The van der Waals surface area contributed by atoms with Gasteiger partial charge in [-0.15, -0.1) is 0 Å². The number of aryl methyl sites for hydroxylation is 2. The van der Waals surface area contributed by atoms with E-state index in [0.29, 0.717) is 0 Å². The average Bonchev–Trinajstić information content (AvgIpc) is 3.22. The highest BCUT2D eigenvalue weighted by Gasteiger charge is 2.22. The van der Waals surface area contributed by atoms with Crippen molar-refractivity contribution in [1.29, 1.82) is 0 Å². The number of β-amino-alcohol motifs (C(OH)–C–C–N with tert-alkyl or cyclic N) is 1. The molecule has 1 saturated heterocycles. The zero-order valence-electron chi connectivity index (χ0n) is 15.4. The Morgan fingerprint density at radius 2 is 1.88 bits per heavy atom. The third-order valence-corrected chi connectivity index (χ3v) is 5.02. The molecule has 134 valence electrons.